The molecular weight excluding hydrogens is 482 g/mol. The van der Waals surface area contributed by atoms with Crippen molar-refractivity contribution in [2.75, 3.05) is 12.4 Å². The highest BCUT2D eigenvalue weighted by atomic mass is 35.5. The molecule has 35 heavy (non-hydrogen) atoms. The zero-order valence-corrected chi connectivity index (χ0v) is 20.5. The number of carbonyl (C=O) groups is 1. The number of nitrogens with one attached hydrogen (secondary N) is 1. The molecule has 0 aliphatic rings. The van der Waals surface area contributed by atoms with Crippen molar-refractivity contribution in [1.29, 1.82) is 0 Å². The maximum atomic E-state index is 13.2. The predicted molar refractivity (Wildman–Crippen MR) is 138 cm³/mol. The lowest BCUT2D eigenvalue weighted by Crippen LogP contribution is -2.14. The van der Waals surface area contributed by atoms with Crippen molar-refractivity contribution in [3.8, 4) is 16.9 Å². The van der Waals surface area contributed by atoms with Crippen molar-refractivity contribution >= 4 is 44.3 Å². The van der Waals surface area contributed by atoms with Crippen LogP contribution in [0.15, 0.2) is 73.1 Å². The highest BCUT2D eigenvalue weighted by Crippen LogP contribution is 2.33. The molecule has 0 fully saturated rings. The molecule has 3 heterocycles. The molecule has 0 radical (unpaired) electrons. The Balaban J connectivity index is 1.42. The number of pyridine rings is 1. The van der Waals surface area contributed by atoms with Crippen LogP contribution in [0.3, 0.4) is 0 Å². The summed E-state index contributed by atoms with van der Waals surface area (Å²) in [6, 6.07) is 19.1. The molecule has 174 valence electrons. The zero-order chi connectivity index (χ0) is 24.4. The van der Waals surface area contributed by atoms with Gasteiger partial charge in [-0.15, -0.1) is 0 Å². The average molecular weight is 502 g/mol. The Kier molecular flexibility index (Phi) is 6.39. The standard InChI is InChI=1S/C26H20ClN5O2S/c1-15(16-7-9-17(27)10-8-16)21-11-12-22-25(30-21)35-26(31-22)32-24(33)20-14-29-28-13-19(20)18-5-3-4-6-23(18)34-2/h3-15H,1-2H3,(H,31,32,33). The molecule has 0 bridgehead atoms. The number of amides is 1. The van der Waals surface area contributed by atoms with Gasteiger partial charge in [0.15, 0.2) is 5.13 Å². The van der Waals surface area contributed by atoms with Crippen LogP contribution in [0.1, 0.15) is 34.5 Å². The summed E-state index contributed by atoms with van der Waals surface area (Å²) in [5.41, 5.74) is 4.49. The number of nitrogens with zero attached hydrogens (tertiary/aromatic N) is 4. The van der Waals surface area contributed by atoms with Crippen molar-refractivity contribution in [2.24, 2.45) is 0 Å². The molecule has 5 aromatic rings. The van der Waals surface area contributed by atoms with Gasteiger partial charge in [0.05, 0.1) is 25.1 Å². The summed E-state index contributed by atoms with van der Waals surface area (Å²) < 4.78 is 5.46. The van der Waals surface area contributed by atoms with Crippen LogP contribution in [0.25, 0.3) is 21.5 Å². The summed E-state index contributed by atoms with van der Waals surface area (Å²) in [4.78, 5) is 23.3. The van der Waals surface area contributed by atoms with Gasteiger partial charge in [0, 0.05) is 27.8 Å². The van der Waals surface area contributed by atoms with E-state index in [4.69, 9.17) is 21.3 Å². The lowest BCUT2D eigenvalue weighted by Gasteiger charge is -2.11. The van der Waals surface area contributed by atoms with Gasteiger partial charge in [-0.2, -0.15) is 10.2 Å². The predicted octanol–water partition coefficient (Wildman–Crippen LogP) is 6.21. The SMILES string of the molecule is COc1ccccc1-c1cnncc1C(=O)Nc1nc2ccc(C(C)c3ccc(Cl)cc3)nc2s1. The van der Waals surface area contributed by atoms with Gasteiger partial charge < -0.3 is 4.74 Å². The second-order valence-electron chi connectivity index (χ2n) is 7.82. The van der Waals surface area contributed by atoms with Crippen molar-refractivity contribution < 1.29 is 9.53 Å². The molecule has 0 aliphatic carbocycles. The lowest BCUT2D eigenvalue weighted by molar-refractivity contribution is 0.102. The second-order valence-corrected chi connectivity index (χ2v) is 9.24. The minimum absolute atomic E-state index is 0.0862. The number of aromatic nitrogens is 4. The van der Waals surface area contributed by atoms with E-state index in [9.17, 15) is 4.79 Å². The molecule has 0 aliphatic heterocycles. The van der Waals surface area contributed by atoms with Gasteiger partial charge in [-0.3, -0.25) is 10.1 Å². The Labute approximate surface area is 210 Å². The Morgan fingerprint density at radius 3 is 2.54 bits per heavy atom. The van der Waals surface area contributed by atoms with Gasteiger partial charge in [-0.1, -0.05) is 60.2 Å². The van der Waals surface area contributed by atoms with Gasteiger partial charge in [0.25, 0.3) is 5.91 Å². The number of carbonyl (C=O) groups excluding carboxylic acids is 1. The molecule has 1 unspecified atom stereocenters. The minimum atomic E-state index is -0.338. The van der Waals surface area contributed by atoms with E-state index < -0.39 is 0 Å². The van der Waals surface area contributed by atoms with Crippen LogP contribution in [-0.2, 0) is 0 Å². The maximum Gasteiger partial charge on any atom is 0.259 e. The Morgan fingerprint density at radius 2 is 1.74 bits per heavy atom. The number of hydrogen-bond donors (Lipinski definition) is 1. The van der Waals surface area contributed by atoms with E-state index >= 15 is 0 Å². The van der Waals surface area contributed by atoms with Crippen LogP contribution in [0.2, 0.25) is 5.02 Å². The van der Waals surface area contributed by atoms with Gasteiger partial charge in [-0.05, 0) is 35.9 Å². The Morgan fingerprint density at radius 1 is 0.971 bits per heavy atom. The van der Waals surface area contributed by atoms with Crippen molar-refractivity contribution in [1.82, 2.24) is 20.2 Å². The van der Waals surface area contributed by atoms with Crippen LogP contribution in [0.4, 0.5) is 5.13 Å². The van der Waals surface area contributed by atoms with Crippen molar-refractivity contribution in [3.05, 3.63) is 94.9 Å². The monoisotopic (exact) mass is 501 g/mol. The van der Waals surface area contributed by atoms with E-state index in [-0.39, 0.29) is 11.8 Å². The molecular formula is C26H20ClN5O2S. The summed E-state index contributed by atoms with van der Waals surface area (Å²) in [7, 11) is 1.59. The number of anilines is 1. The zero-order valence-electron chi connectivity index (χ0n) is 18.9. The number of thiazole rings is 1. The molecule has 5 rings (SSSR count). The van der Waals surface area contributed by atoms with E-state index in [0.717, 1.165) is 27.2 Å². The molecule has 2 aromatic carbocycles. The number of fused-ring (bicyclic) bond motifs is 1. The smallest absolute Gasteiger partial charge is 0.259 e. The third kappa shape index (κ3) is 4.71. The largest absolute Gasteiger partial charge is 0.496 e. The number of halogens is 1. The van der Waals surface area contributed by atoms with Crippen LogP contribution in [0, 0.1) is 0 Å². The lowest BCUT2D eigenvalue weighted by atomic mass is 9.97. The summed E-state index contributed by atoms with van der Waals surface area (Å²) in [6.07, 6.45) is 2.99. The minimum Gasteiger partial charge on any atom is -0.496 e. The number of benzene rings is 2. The maximum absolute atomic E-state index is 13.2. The van der Waals surface area contributed by atoms with Gasteiger partial charge >= 0.3 is 0 Å². The second kappa shape index (κ2) is 9.77. The van der Waals surface area contributed by atoms with Crippen LogP contribution >= 0.6 is 22.9 Å². The fourth-order valence-corrected chi connectivity index (χ4v) is 4.76. The van der Waals surface area contributed by atoms with E-state index in [2.05, 4.69) is 27.4 Å². The van der Waals surface area contributed by atoms with E-state index in [1.165, 1.54) is 17.5 Å². The molecule has 1 atom stereocenters. The Bertz CT molecular complexity index is 1520. The van der Waals surface area contributed by atoms with Crippen molar-refractivity contribution in [2.45, 2.75) is 12.8 Å². The first-order valence-corrected chi connectivity index (χ1v) is 12.0. The molecule has 0 saturated carbocycles. The normalized spacial score (nSPS) is 11.9. The summed E-state index contributed by atoms with van der Waals surface area (Å²) >= 11 is 7.34. The first kappa shape index (κ1) is 22.9. The average Bonchev–Trinajstić information content (AvgIpc) is 3.30. The van der Waals surface area contributed by atoms with Crippen LogP contribution in [-0.4, -0.2) is 33.2 Å². The number of ether oxygens (including phenoxy) is 1. The summed E-state index contributed by atoms with van der Waals surface area (Å²) in [5.74, 6) is 0.388. The van der Waals surface area contributed by atoms with Gasteiger partial charge in [-0.25, -0.2) is 9.97 Å². The molecule has 0 saturated heterocycles. The molecule has 1 amide bonds. The van der Waals surface area contributed by atoms with Gasteiger partial charge in [0.1, 0.15) is 16.1 Å². The van der Waals surface area contributed by atoms with E-state index in [1.807, 2.05) is 60.7 Å². The highest BCUT2D eigenvalue weighted by Gasteiger charge is 2.19. The summed E-state index contributed by atoms with van der Waals surface area (Å²) in [6.45, 7) is 2.09. The first-order chi connectivity index (χ1) is 17.0. The number of hydrogen-bond acceptors (Lipinski definition) is 7. The molecule has 1 N–H and O–H groups in total. The number of methoxy groups -OCH3 is 1. The number of rotatable bonds is 6. The van der Waals surface area contributed by atoms with Crippen molar-refractivity contribution in [3.63, 3.8) is 0 Å². The fraction of sp³-hybridized carbons (Fsp3) is 0.115. The molecule has 3 aromatic heterocycles. The third-order valence-corrected chi connectivity index (χ3v) is 6.82. The molecule has 7 nitrogen and oxygen atoms in total. The van der Waals surface area contributed by atoms with Crippen LogP contribution < -0.4 is 10.1 Å². The quantitative estimate of drug-likeness (QED) is 0.297. The third-order valence-electron chi connectivity index (χ3n) is 5.68. The number of para-hydroxylation sites is 1. The van der Waals surface area contributed by atoms with E-state index in [1.54, 1.807) is 13.3 Å². The van der Waals surface area contributed by atoms with Gasteiger partial charge in [0.2, 0.25) is 0 Å². The summed E-state index contributed by atoms with van der Waals surface area (Å²) in [5, 5.41) is 11.9. The molecule has 9 heteroatoms. The fourth-order valence-electron chi connectivity index (χ4n) is 3.80. The molecule has 0 spiro atoms. The van der Waals surface area contributed by atoms with Crippen LogP contribution in [0.5, 0.6) is 5.75 Å². The first-order valence-electron chi connectivity index (χ1n) is 10.8. The Hall–Kier alpha value is -3.88. The highest BCUT2D eigenvalue weighted by molar-refractivity contribution is 7.22. The van der Waals surface area contributed by atoms with E-state index in [0.29, 0.717) is 27.0 Å². The topological polar surface area (TPSA) is 89.9 Å².